The van der Waals surface area contributed by atoms with Gasteiger partial charge in [0.2, 0.25) is 11.8 Å². The topological polar surface area (TPSA) is 58.6 Å². The average molecular weight is 361 g/mol. The molecule has 0 aromatic heterocycles. The molecule has 0 aliphatic heterocycles. The SMILES string of the molecule is CCOc1ccccc1NC(=O)CN(Cc1ccc(Cl)cc1)C(C)=O. The van der Waals surface area contributed by atoms with E-state index in [0.29, 0.717) is 29.6 Å². The smallest absolute Gasteiger partial charge is 0.244 e. The third kappa shape index (κ3) is 5.80. The predicted octanol–water partition coefficient (Wildman–Crippen LogP) is 3.73. The van der Waals surface area contributed by atoms with Crippen molar-refractivity contribution in [2.75, 3.05) is 18.5 Å². The number of rotatable bonds is 7. The molecular weight excluding hydrogens is 340 g/mol. The molecule has 0 fully saturated rings. The standard InChI is InChI=1S/C19H21ClN2O3/c1-3-25-18-7-5-4-6-17(18)21-19(24)13-22(14(2)23)12-15-8-10-16(20)11-9-15/h4-11H,3,12-13H2,1-2H3,(H,21,24). The number of carbonyl (C=O) groups excluding carboxylic acids is 2. The molecule has 5 nitrogen and oxygen atoms in total. The zero-order chi connectivity index (χ0) is 18.2. The van der Waals surface area contributed by atoms with Crippen molar-refractivity contribution in [2.45, 2.75) is 20.4 Å². The average Bonchev–Trinajstić information content (AvgIpc) is 2.58. The summed E-state index contributed by atoms with van der Waals surface area (Å²) in [5, 5.41) is 3.42. The van der Waals surface area contributed by atoms with Crippen LogP contribution in [0.5, 0.6) is 5.75 Å². The molecule has 2 aromatic rings. The van der Waals surface area contributed by atoms with Crippen LogP contribution in [0.15, 0.2) is 48.5 Å². The molecule has 0 bridgehead atoms. The summed E-state index contributed by atoms with van der Waals surface area (Å²) in [4.78, 5) is 25.7. The first-order valence-electron chi connectivity index (χ1n) is 8.01. The van der Waals surface area contributed by atoms with Crippen LogP contribution in [0.25, 0.3) is 0 Å². The van der Waals surface area contributed by atoms with Crippen LogP contribution in [0.3, 0.4) is 0 Å². The lowest BCUT2D eigenvalue weighted by Gasteiger charge is -2.21. The molecule has 132 valence electrons. The van der Waals surface area contributed by atoms with E-state index in [4.69, 9.17) is 16.3 Å². The summed E-state index contributed by atoms with van der Waals surface area (Å²) in [6, 6.07) is 14.4. The number of benzene rings is 2. The Morgan fingerprint density at radius 2 is 1.80 bits per heavy atom. The van der Waals surface area contributed by atoms with Crippen molar-refractivity contribution < 1.29 is 14.3 Å². The van der Waals surface area contributed by atoms with Crippen molar-refractivity contribution in [3.8, 4) is 5.75 Å². The van der Waals surface area contributed by atoms with E-state index in [2.05, 4.69) is 5.32 Å². The van der Waals surface area contributed by atoms with Crippen LogP contribution >= 0.6 is 11.6 Å². The minimum absolute atomic E-state index is 0.0432. The van der Waals surface area contributed by atoms with Gasteiger partial charge < -0.3 is 15.0 Å². The summed E-state index contributed by atoms with van der Waals surface area (Å²) in [6.45, 7) is 4.12. The summed E-state index contributed by atoms with van der Waals surface area (Å²) in [7, 11) is 0. The molecule has 0 saturated carbocycles. The molecular formula is C19H21ClN2O3. The van der Waals surface area contributed by atoms with Gasteiger partial charge >= 0.3 is 0 Å². The molecule has 0 heterocycles. The van der Waals surface area contributed by atoms with Gasteiger partial charge in [0, 0.05) is 18.5 Å². The Labute approximate surface area is 152 Å². The third-order valence-corrected chi connectivity index (χ3v) is 3.78. The maximum absolute atomic E-state index is 12.3. The second kappa shape index (κ2) is 9.08. The Morgan fingerprint density at radius 3 is 2.44 bits per heavy atom. The lowest BCUT2D eigenvalue weighted by atomic mass is 10.2. The lowest BCUT2D eigenvalue weighted by molar-refractivity contribution is -0.133. The van der Waals surface area contributed by atoms with Crippen molar-refractivity contribution in [3.63, 3.8) is 0 Å². The van der Waals surface area contributed by atoms with Crippen LogP contribution in [-0.2, 0) is 16.1 Å². The van der Waals surface area contributed by atoms with Crippen molar-refractivity contribution in [1.29, 1.82) is 0 Å². The van der Waals surface area contributed by atoms with Gasteiger partial charge in [-0.2, -0.15) is 0 Å². The fourth-order valence-corrected chi connectivity index (χ4v) is 2.43. The van der Waals surface area contributed by atoms with Crippen molar-refractivity contribution in [2.24, 2.45) is 0 Å². The van der Waals surface area contributed by atoms with Gasteiger partial charge in [-0.15, -0.1) is 0 Å². The molecule has 25 heavy (non-hydrogen) atoms. The quantitative estimate of drug-likeness (QED) is 0.818. The molecule has 0 spiro atoms. The highest BCUT2D eigenvalue weighted by molar-refractivity contribution is 6.30. The molecule has 1 N–H and O–H groups in total. The molecule has 6 heteroatoms. The monoisotopic (exact) mass is 360 g/mol. The van der Waals surface area contributed by atoms with E-state index in [-0.39, 0.29) is 18.4 Å². The number of nitrogens with zero attached hydrogens (tertiary/aromatic N) is 1. The lowest BCUT2D eigenvalue weighted by Crippen LogP contribution is -2.36. The van der Waals surface area contributed by atoms with Crippen molar-refractivity contribution in [3.05, 3.63) is 59.1 Å². The maximum atomic E-state index is 12.3. The summed E-state index contributed by atoms with van der Waals surface area (Å²) < 4.78 is 5.49. The van der Waals surface area contributed by atoms with Crippen LogP contribution in [-0.4, -0.2) is 29.9 Å². The number of para-hydroxylation sites is 2. The van der Waals surface area contributed by atoms with Crippen LogP contribution in [0, 0.1) is 0 Å². The first kappa shape index (κ1) is 18.8. The highest BCUT2D eigenvalue weighted by atomic mass is 35.5. The molecule has 0 radical (unpaired) electrons. The zero-order valence-electron chi connectivity index (χ0n) is 14.3. The number of amides is 2. The van der Waals surface area contributed by atoms with E-state index in [1.165, 1.54) is 11.8 Å². The minimum atomic E-state index is -0.281. The van der Waals surface area contributed by atoms with E-state index in [0.717, 1.165) is 5.56 Å². The van der Waals surface area contributed by atoms with Crippen molar-refractivity contribution >= 4 is 29.1 Å². The van der Waals surface area contributed by atoms with Gasteiger partial charge in [0.05, 0.1) is 12.3 Å². The molecule has 2 aromatic carbocycles. The van der Waals surface area contributed by atoms with Gasteiger partial charge in [0.25, 0.3) is 0 Å². The first-order chi connectivity index (χ1) is 12.0. The predicted molar refractivity (Wildman–Crippen MR) is 98.8 cm³/mol. The number of hydrogen-bond acceptors (Lipinski definition) is 3. The third-order valence-electron chi connectivity index (χ3n) is 3.53. The number of halogens is 1. The highest BCUT2D eigenvalue weighted by Crippen LogP contribution is 2.23. The van der Waals surface area contributed by atoms with E-state index >= 15 is 0 Å². The summed E-state index contributed by atoms with van der Waals surface area (Å²) in [6.07, 6.45) is 0. The molecule has 2 amide bonds. The number of carbonyl (C=O) groups is 2. The van der Waals surface area contributed by atoms with Gasteiger partial charge in [-0.3, -0.25) is 9.59 Å². The summed E-state index contributed by atoms with van der Waals surface area (Å²) >= 11 is 5.87. The van der Waals surface area contributed by atoms with E-state index < -0.39 is 0 Å². The molecule has 2 rings (SSSR count). The van der Waals surface area contributed by atoms with Gasteiger partial charge in [0.15, 0.2) is 0 Å². The van der Waals surface area contributed by atoms with E-state index in [1.807, 2.05) is 31.2 Å². The Kier molecular flexibility index (Phi) is 6.83. The fourth-order valence-electron chi connectivity index (χ4n) is 2.30. The second-order valence-corrected chi connectivity index (χ2v) is 5.92. The molecule has 0 unspecified atom stereocenters. The van der Waals surface area contributed by atoms with E-state index in [1.54, 1.807) is 24.3 Å². The normalized spacial score (nSPS) is 10.2. The Balaban J connectivity index is 2.03. The molecule has 0 saturated heterocycles. The van der Waals surface area contributed by atoms with Crippen LogP contribution in [0.1, 0.15) is 19.4 Å². The summed E-state index contributed by atoms with van der Waals surface area (Å²) in [5.41, 5.74) is 1.49. The minimum Gasteiger partial charge on any atom is -0.492 e. The van der Waals surface area contributed by atoms with Gasteiger partial charge in [-0.05, 0) is 36.8 Å². The van der Waals surface area contributed by atoms with E-state index in [9.17, 15) is 9.59 Å². The molecule has 0 atom stereocenters. The number of nitrogens with one attached hydrogen (secondary N) is 1. The summed E-state index contributed by atoms with van der Waals surface area (Å²) in [5.74, 6) is 0.143. The van der Waals surface area contributed by atoms with Crippen LogP contribution in [0.4, 0.5) is 5.69 Å². The number of hydrogen-bond donors (Lipinski definition) is 1. The van der Waals surface area contributed by atoms with Crippen LogP contribution in [0.2, 0.25) is 5.02 Å². The Bertz CT molecular complexity index is 732. The highest BCUT2D eigenvalue weighted by Gasteiger charge is 2.15. The maximum Gasteiger partial charge on any atom is 0.244 e. The van der Waals surface area contributed by atoms with Crippen molar-refractivity contribution in [1.82, 2.24) is 4.90 Å². The largest absolute Gasteiger partial charge is 0.492 e. The Hall–Kier alpha value is -2.53. The van der Waals surface area contributed by atoms with Gasteiger partial charge in [-0.1, -0.05) is 35.9 Å². The zero-order valence-corrected chi connectivity index (χ0v) is 15.0. The second-order valence-electron chi connectivity index (χ2n) is 5.48. The fraction of sp³-hybridized carbons (Fsp3) is 0.263. The number of anilines is 1. The Morgan fingerprint density at radius 1 is 1.12 bits per heavy atom. The van der Waals surface area contributed by atoms with Gasteiger partial charge in [0.1, 0.15) is 12.3 Å². The first-order valence-corrected chi connectivity index (χ1v) is 8.39. The molecule has 0 aliphatic rings. The molecule has 0 aliphatic carbocycles. The van der Waals surface area contributed by atoms with Gasteiger partial charge in [-0.25, -0.2) is 0 Å². The number of ether oxygens (including phenoxy) is 1. The van der Waals surface area contributed by atoms with Crippen LogP contribution < -0.4 is 10.1 Å².